The van der Waals surface area contributed by atoms with Gasteiger partial charge in [-0.2, -0.15) is 0 Å². The predicted octanol–water partition coefficient (Wildman–Crippen LogP) is 3.72. The fraction of sp³-hybridized carbons (Fsp3) is 0.235. The van der Waals surface area contributed by atoms with Crippen LogP contribution in [0.1, 0.15) is 40.2 Å². The standard InChI is InChI=1S/C17H16FNO3/c18-15-6-4-13(20)7-12(15)9-19-16-8-11(10-1-2-10)3-5-14(16)17(21)22/h3-8,10,19-20H,1-2,9H2,(H,21,22). The smallest absolute Gasteiger partial charge is 0.337 e. The first-order chi connectivity index (χ1) is 10.5. The van der Waals surface area contributed by atoms with E-state index in [2.05, 4.69) is 5.32 Å². The zero-order valence-corrected chi connectivity index (χ0v) is 11.8. The highest BCUT2D eigenvalue weighted by molar-refractivity contribution is 5.94. The molecule has 22 heavy (non-hydrogen) atoms. The van der Waals surface area contributed by atoms with Gasteiger partial charge in [-0.15, -0.1) is 0 Å². The first kappa shape index (κ1) is 14.4. The third kappa shape index (κ3) is 3.03. The van der Waals surface area contributed by atoms with Crippen molar-refractivity contribution in [2.45, 2.75) is 25.3 Å². The summed E-state index contributed by atoms with van der Waals surface area (Å²) in [7, 11) is 0. The first-order valence-corrected chi connectivity index (χ1v) is 7.13. The number of aromatic hydroxyl groups is 1. The van der Waals surface area contributed by atoms with Crippen LogP contribution in [0.5, 0.6) is 5.75 Å². The Labute approximate surface area is 127 Å². The molecule has 114 valence electrons. The average molecular weight is 301 g/mol. The lowest BCUT2D eigenvalue weighted by Gasteiger charge is -2.12. The number of phenolic OH excluding ortho intramolecular Hbond substituents is 1. The Bertz CT molecular complexity index is 726. The summed E-state index contributed by atoms with van der Waals surface area (Å²) < 4.78 is 13.7. The minimum Gasteiger partial charge on any atom is -0.508 e. The van der Waals surface area contributed by atoms with Crippen molar-refractivity contribution >= 4 is 11.7 Å². The fourth-order valence-electron chi connectivity index (χ4n) is 2.45. The highest BCUT2D eigenvalue weighted by atomic mass is 19.1. The zero-order valence-electron chi connectivity index (χ0n) is 11.8. The molecule has 0 heterocycles. The Balaban J connectivity index is 1.85. The van der Waals surface area contributed by atoms with Crippen molar-refractivity contribution in [1.82, 2.24) is 0 Å². The molecular weight excluding hydrogens is 285 g/mol. The topological polar surface area (TPSA) is 69.6 Å². The van der Waals surface area contributed by atoms with Crippen LogP contribution in [0.4, 0.5) is 10.1 Å². The number of carboxylic acid groups (broad SMARTS) is 1. The van der Waals surface area contributed by atoms with E-state index >= 15 is 0 Å². The summed E-state index contributed by atoms with van der Waals surface area (Å²) in [5, 5.41) is 21.6. The van der Waals surface area contributed by atoms with Gasteiger partial charge in [-0.1, -0.05) is 6.07 Å². The molecule has 3 rings (SSSR count). The van der Waals surface area contributed by atoms with E-state index in [1.54, 1.807) is 6.07 Å². The molecule has 1 fully saturated rings. The Morgan fingerprint density at radius 1 is 1.23 bits per heavy atom. The van der Waals surface area contributed by atoms with Crippen LogP contribution in [0.2, 0.25) is 0 Å². The van der Waals surface area contributed by atoms with E-state index in [-0.39, 0.29) is 23.4 Å². The molecule has 0 spiro atoms. The number of benzene rings is 2. The van der Waals surface area contributed by atoms with Crippen molar-refractivity contribution in [2.24, 2.45) is 0 Å². The molecule has 0 bridgehead atoms. The molecule has 2 aromatic carbocycles. The molecule has 0 amide bonds. The van der Waals surface area contributed by atoms with E-state index in [9.17, 15) is 19.4 Å². The van der Waals surface area contributed by atoms with Crippen molar-refractivity contribution in [1.29, 1.82) is 0 Å². The Kier molecular flexibility index (Phi) is 3.71. The maximum absolute atomic E-state index is 13.7. The summed E-state index contributed by atoms with van der Waals surface area (Å²) in [5.41, 5.74) is 2.02. The molecule has 0 radical (unpaired) electrons. The Hall–Kier alpha value is -2.56. The molecule has 2 aromatic rings. The molecule has 1 aliphatic carbocycles. The lowest BCUT2D eigenvalue weighted by atomic mass is 10.1. The SMILES string of the molecule is O=C(O)c1ccc(C2CC2)cc1NCc1cc(O)ccc1F. The average Bonchev–Trinajstić information content (AvgIpc) is 3.32. The van der Waals surface area contributed by atoms with Crippen LogP contribution in [0.25, 0.3) is 0 Å². The number of carboxylic acids is 1. The van der Waals surface area contributed by atoms with Gasteiger partial charge in [0.15, 0.2) is 0 Å². The van der Waals surface area contributed by atoms with E-state index in [1.165, 1.54) is 18.2 Å². The van der Waals surface area contributed by atoms with Crippen LogP contribution in [0.3, 0.4) is 0 Å². The molecule has 4 nitrogen and oxygen atoms in total. The third-order valence-corrected chi connectivity index (χ3v) is 3.82. The number of aromatic carboxylic acids is 1. The van der Waals surface area contributed by atoms with Gasteiger partial charge in [0, 0.05) is 17.8 Å². The van der Waals surface area contributed by atoms with Crippen molar-refractivity contribution in [2.75, 3.05) is 5.32 Å². The lowest BCUT2D eigenvalue weighted by Crippen LogP contribution is -2.08. The van der Waals surface area contributed by atoms with Crippen LogP contribution >= 0.6 is 0 Å². The molecule has 1 saturated carbocycles. The summed E-state index contributed by atoms with van der Waals surface area (Å²) in [5.74, 6) is -0.994. The van der Waals surface area contributed by atoms with Crippen molar-refractivity contribution in [3.8, 4) is 5.75 Å². The van der Waals surface area contributed by atoms with Crippen molar-refractivity contribution < 1.29 is 19.4 Å². The summed E-state index contributed by atoms with van der Waals surface area (Å²) in [6, 6.07) is 9.02. The van der Waals surface area contributed by atoms with E-state index in [0.717, 1.165) is 18.4 Å². The Morgan fingerprint density at radius 2 is 2.00 bits per heavy atom. The number of phenols is 1. The van der Waals surface area contributed by atoms with Crippen LogP contribution in [-0.4, -0.2) is 16.2 Å². The van der Waals surface area contributed by atoms with Crippen LogP contribution in [0, 0.1) is 5.82 Å². The molecular formula is C17H16FNO3. The minimum atomic E-state index is -1.03. The second kappa shape index (κ2) is 5.67. The van der Waals surface area contributed by atoms with Gasteiger partial charge in [-0.3, -0.25) is 0 Å². The molecule has 0 atom stereocenters. The lowest BCUT2D eigenvalue weighted by molar-refractivity contribution is 0.0698. The summed E-state index contributed by atoms with van der Waals surface area (Å²) >= 11 is 0. The first-order valence-electron chi connectivity index (χ1n) is 7.13. The highest BCUT2D eigenvalue weighted by Crippen LogP contribution is 2.41. The number of halogens is 1. The molecule has 0 aliphatic heterocycles. The molecule has 0 aromatic heterocycles. The number of anilines is 1. The second-order valence-corrected chi connectivity index (χ2v) is 5.51. The number of hydrogen-bond donors (Lipinski definition) is 3. The van der Waals surface area contributed by atoms with Gasteiger partial charge < -0.3 is 15.5 Å². The number of hydrogen-bond acceptors (Lipinski definition) is 3. The van der Waals surface area contributed by atoms with Gasteiger partial charge in [-0.25, -0.2) is 9.18 Å². The maximum Gasteiger partial charge on any atom is 0.337 e. The van der Waals surface area contributed by atoms with Gasteiger partial charge >= 0.3 is 5.97 Å². The van der Waals surface area contributed by atoms with Gasteiger partial charge in [-0.05, 0) is 54.7 Å². The fourth-order valence-corrected chi connectivity index (χ4v) is 2.45. The van der Waals surface area contributed by atoms with E-state index in [4.69, 9.17) is 0 Å². The third-order valence-electron chi connectivity index (χ3n) is 3.82. The Morgan fingerprint density at radius 3 is 2.68 bits per heavy atom. The summed E-state index contributed by atoms with van der Waals surface area (Å²) in [6.45, 7) is 0.106. The largest absolute Gasteiger partial charge is 0.508 e. The van der Waals surface area contributed by atoms with Gasteiger partial charge in [0.2, 0.25) is 0 Å². The predicted molar refractivity (Wildman–Crippen MR) is 80.8 cm³/mol. The van der Waals surface area contributed by atoms with E-state index in [1.807, 2.05) is 12.1 Å². The quantitative estimate of drug-likeness (QED) is 0.787. The van der Waals surface area contributed by atoms with Gasteiger partial charge in [0.05, 0.1) is 5.56 Å². The molecule has 1 aliphatic rings. The van der Waals surface area contributed by atoms with Crippen molar-refractivity contribution in [3.63, 3.8) is 0 Å². The summed E-state index contributed by atoms with van der Waals surface area (Å²) in [4.78, 5) is 11.3. The highest BCUT2D eigenvalue weighted by Gasteiger charge is 2.24. The van der Waals surface area contributed by atoms with Crippen molar-refractivity contribution in [3.05, 3.63) is 58.9 Å². The molecule has 0 saturated heterocycles. The van der Waals surface area contributed by atoms with Crippen LogP contribution in [0.15, 0.2) is 36.4 Å². The number of nitrogens with one attached hydrogen (secondary N) is 1. The molecule has 3 N–H and O–H groups in total. The maximum atomic E-state index is 13.7. The van der Waals surface area contributed by atoms with E-state index < -0.39 is 11.8 Å². The number of carbonyl (C=O) groups is 1. The van der Waals surface area contributed by atoms with Gasteiger partial charge in [0.1, 0.15) is 11.6 Å². The molecule has 0 unspecified atom stereocenters. The second-order valence-electron chi connectivity index (χ2n) is 5.51. The monoisotopic (exact) mass is 301 g/mol. The zero-order chi connectivity index (χ0) is 15.7. The summed E-state index contributed by atoms with van der Waals surface area (Å²) in [6.07, 6.45) is 2.24. The molecule has 5 heteroatoms. The minimum absolute atomic E-state index is 0.0246. The number of rotatable bonds is 5. The van der Waals surface area contributed by atoms with Gasteiger partial charge in [0.25, 0.3) is 0 Å². The van der Waals surface area contributed by atoms with E-state index in [0.29, 0.717) is 11.6 Å². The normalized spacial score (nSPS) is 13.9. The van der Waals surface area contributed by atoms with Crippen LogP contribution in [-0.2, 0) is 6.54 Å². The van der Waals surface area contributed by atoms with Crippen LogP contribution < -0.4 is 5.32 Å².